The van der Waals surface area contributed by atoms with E-state index in [0.29, 0.717) is 5.91 Å². The average molecular weight is 322 g/mol. The molecule has 1 saturated heterocycles. The highest BCUT2D eigenvalue weighted by Gasteiger charge is 2.23. The van der Waals surface area contributed by atoms with Gasteiger partial charge in [-0.25, -0.2) is 4.98 Å². The van der Waals surface area contributed by atoms with Crippen molar-refractivity contribution in [1.29, 1.82) is 0 Å². The second kappa shape index (κ2) is 7.40. The molecule has 3 rings (SSSR count). The summed E-state index contributed by atoms with van der Waals surface area (Å²) in [5.41, 5.74) is 0. The highest BCUT2D eigenvalue weighted by atomic mass is 32.1. The lowest BCUT2D eigenvalue weighted by molar-refractivity contribution is -0.131. The fourth-order valence-corrected chi connectivity index (χ4v) is 4.25. The summed E-state index contributed by atoms with van der Waals surface area (Å²) in [6, 6.07) is 0. The summed E-state index contributed by atoms with van der Waals surface area (Å²) < 4.78 is 4.24. The van der Waals surface area contributed by atoms with E-state index in [-0.39, 0.29) is 0 Å². The van der Waals surface area contributed by atoms with Gasteiger partial charge in [-0.05, 0) is 19.3 Å². The third kappa shape index (κ3) is 3.97. The van der Waals surface area contributed by atoms with Crippen molar-refractivity contribution in [3.63, 3.8) is 0 Å². The van der Waals surface area contributed by atoms with Crippen LogP contribution in [0.2, 0.25) is 0 Å². The Morgan fingerprint density at radius 2 is 1.91 bits per heavy atom. The van der Waals surface area contributed by atoms with Crippen LogP contribution < -0.4 is 4.90 Å². The Morgan fingerprint density at radius 1 is 1.18 bits per heavy atom. The minimum absolute atomic E-state index is 0.346. The van der Waals surface area contributed by atoms with E-state index < -0.39 is 0 Å². The Hall–Kier alpha value is -1.17. The lowest BCUT2D eigenvalue weighted by Gasteiger charge is -2.34. The molecule has 5 nitrogen and oxygen atoms in total. The van der Waals surface area contributed by atoms with Crippen LogP contribution in [-0.2, 0) is 4.79 Å². The second-order valence-corrected chi connectivity index (χ2v) is 7.27. The number of anilines is 1. The van der Waals surface area contributed by atoms with Gasteiger partial charge in [-0.3, -0.25) is 4.79 Å². The number of aromatic nitrogens is 2. The maximum atomic E-state index is 12.4. The Bertz CT molecular complexity index is 490. The molecule has 1 saturated carbocycles. The first-order valence-corrected chi connectivity index (χ1v) is 9.33. The highest BCUT2D eigenvalue weighted by molar-refractivity contribution is 7.09. The summed E-state index contributed by atoms with van der Waals surface area (Å²) in [5, 5.41) is 0.992. The molecule has 0 atom stereocenters. The van der Waals surface area contributed by atoms with Crippen molar-refractivity contribution in [2.75, 3.05) is 31.1 Å². The normalized spacial score (nSPS) is 20.4. The molecule has 1 aliphatic heterocycles. The molecule has 0 aromatic carbocycles. The molecule has 1 aromatic rings. The molecular formula is C16H26N4OS. The largest absolute Gasteiger partial charge is 0.343 e. The minimum Gasteiger partial charge on any atom is -0.343 e. The van der Waals surface area contributed by atoms with Gasteiger partial charge in [0, 0.05) is 44.1 Å². The van der Waals surface area contributed by atoms with Crippen LogP contribution in [0.5, 0.6) is 0 Å². The van der Waals surface area contributed by atoms with Gasteiger partial charge < -0.3 is 9.80 Å². The van der Waals surface area contributed by atoms with Gasteiger partial charge in [0.05, 0.1) is 0 Å². The zero-order chi connectivity index (χ0) is 15.4. The molecular weight excluding hydrogens is 296 g/mol. The van der Waals surface area contributed by atoms with Gasteiger partial charge in [-0.15, -0.1) is 0 Å². The smallest absolute Gasteiger partial charge is 0.222 e. The summed E-state index contributed by atoms with van der Waals surface area (Å²) in [5.74, 6) is 1.98. The number of nitrogens with zero attached hydrogens (tertiary/aromatic N) is 4. The Labute approximate surface area is 136 Å². The van der Waals surface area contributed by atoms with Crippen molar-refractivity contribution in [3.8, 4) is 0 Å². The predicted octanol–water partition coefficient (Wildman–Crippen LogP) is 2.86. The highest BCUT2D eigenvalue weighted by Crippen LogP contribution is 2.27. The van der Waals surface area contributed by atoms with Gasteiger partial charge in [0.25, 0.3) is 0 Å². The predicted molar refractivity (Wildman–Crippen MR) is 89.2 cm³/mol. The Morgan fingerprint density at radius 3 is 2.55 bits per heavy atom. The molecule has 0 spiro atoms. The van der Waals surface area contributed by atoms with Crippen LogP contribution >= 0.6 is 11.5 Å². The summed E-state index contributed by atoms with van der Waals surface area (Å²) in [6.07, 6.45) is 8.60. The van der Waals surface area contributed by atoms with Gasteiger partial charge in [0.1, 0.15) is 5.82 Å². The van der Waals surface area contributed by atoms with Gasteiger partial charge in [0.2, 0.25) is 11.0 Å². The fourth-order valence-electron chi connectivity index (χ4n) is 3.52. The van der Waals surface area contributed by atoms with E-state index in [9.17, 15) is 4.79 Å². The fraction of sp³-hybridized carbons (Fsp3) is 0.812. The van der Waals surface area contributed by atoms with Crippen LogP contribution in [-0.4, -0.2) is 46.3 Å². The number of aryl methyl sites for hydroxylation is 1. The van der Waals surface area contributed by atoms with Crippen molar-refractivity contribution in [3.05, 3.63) is 5.82 Å². The van der Waals surface area contributed by atoms with Crippen molar-refractivity contribution in [1.82, 2.24) is 14.3 Å². The zero-order valence-electron chi connectivity index (χ0n) is 13.5. The first-order chi connectivity index (χ1) is 10.7. The maximum Gasteiger partial charge on any atom is 0.222 e. The number of hydrogen-bond acceptors (Lipinski definition) is 5. The molecule has 2 heterocycles. The third-order valence-electron chi connectivity index (χ3n) is 4.91. The van der Waals surface area contributed by atoms with Crippen LogP contribution in [0.3, 0.4) is 0 Å². The number of carbonyl (C=O) groups is 1. The van der Waals surface area contributed by atoms with E-state index in [1.165, 1.54) is 43.6 Å². The van der Waals surface area contributed by atoms with Crippen molar-refractivity contribution < 1.29 is 4.79 Å². The number of piperazine rings is 1. The molecule has 2 aliphatic rings. The zero-order valence-corrected chi connectivity index (χ0v) is 14.3. The van der Waals surface area contributed by atoms with E-state index in [4.69, 9.17) is 0 Å². The summed E-state index contributed by atoms with van der Waals surface area (Å²) in [7, 11) is 0. The number of carbonyl (C=O) groups excluding carboxylic acids is 1. The SMILES string of the molecule is Cc1nsc(N2CCN(C(=O)CCC3CCCCC3)CC2)n1. The molecule has 2 fully saturated rings. The van der Waals surface area contributed by atoms with Crippen molar-refractivity contribution in [2.24, 2.45) is 5.92 Å². The van der Waals surface area contributed by atoms with E-state index in [0.717, 1.165) is 55.9 Å². The molecule has 1 amide bonds. The molecule has 1 aromatic heterocycles. The second-order valence-electron chi connectivity index (χ2n) is 6.53. The van der Waals surface area contributed by atoms with Crippen LogP contribution in [0.25, 0.3) is 0 Å². The van der Waals surface area contributed by atoms with Crippen LogP contribution in [0.1, 0.15) is 50.8 Å². The number of amides is 1. The van der Waals surface area contributed by atoms with Crippen molar-refractivity contribution >= 4 is 22.6 Å². The van der Waals surface area contributed by atoms with Crippen LogP contribution in [0, 0.1) is 12.8 Å². The van der Waals surface area contributed by atoms with Gasteiger partial charge in [-0.2, -0.15) is 4.37 Å². The van der Waals surface area contributed by atoms with E-state index in [2.05, 4.69) is 14.3 Å². The number of rotatable bonds is 4. The Kier molecular flexibility index (Phi) is 5.28. The topological polar surface area (TPSA) is 49.3 Å². The third-order valence-corrected chi connectivity index (χ3v) is 5.78. The lowest BCUT2D eigenvalue weighted by Crippen LogP contribution is -2.48. The first-order valence-electron chi connectivity index (χ1n) is 8.55. The van der Waals surface area contributed by atoms with Crippen molar-refractivity contribution in [2.45, 2.75) is 51.9 Å². The molecule has 0 bridgehead atoms. The minimum atomic E-state index is 0.346. The molecule has 1 aliphatic carbocycles. The molecule has 22 heavy (non-hydrogen) atoms. The molecule has 0 radical (unpaired) electrons. The lowest BCUT2D eigenvalue weighted by atomic mass is 9.86. The van der Waals surface area contributed by atoms with Crippen LogP contribution in [0.4, 0.5) is 5.13 Å². The van der Waals surface area contributed by atoms with E-state index in [1.807, 2.05) is 11.8 Å². The van der Waals surface area contributed by atoms with Gasteiger partial charge in [-0.1, -0.05) is 32.1 Å². The standard InChI is InChI=1S/C16H26N4OS/c1-13-17-16(22-18-13)20-11-9-19(10-12-20)15(21)8-7-14-5-3-2-4-6-14/h14H,2-12H2,1H3. The first kappa shape index (κ1) is 15.7. The molecule has 122 valence electrons. The maximum absolute atomic E-state index is 12.4. The molecule has 0 unspecified atom stereocenters. The molecule has 6 heteroatoms. The number of hydrogen-bond donors (Lipinski definition) is 0. The van der Waals surface area contributed by atoms with Gasteiger partial charge >= 0.3 is 0 Å². The summed E-state index contributed by atoms with van der Waals surface area (Å²) >= 11 is 1.46. The van der Waals surface area contributed by atoms with E-state index in [1.54, 1.807) is 0 Å². The summed E-state index contributed by atoms with van der Waals surface area (Å²) in [6.45, 7) is 5.32. The van der Waals surface area contributed by atoms with E-state index >= 15 is 0 Å². The summed E-state index contributed by atoms with van der Waals surface area (Å²) in [4.78, 5) is 21.1. The Balaban J connectivity index is 1.41. The monoisotopic (exact) mass is 322 g/mol. The average Bonchev–Trinajstić information content (AvgIpc) is 3.00. The molecule has 0 N–H and O–H groups in total. The van der Waals surface area contributed by atoms with Crippen LogP contribution in [0.15, 0.2) is 0 Å². The quantitative estimate of drug-likeness (QED) is 0.855. The van der Waals surface area contributed by atoms with Gasteiger partial charge in [0.15, 0.2) is 0 Å².